The predicted molar refractivity (Wildman–Crippen MR) is 125 cm³/mol. The molecule has 0 aliphatic rings. The molecule has 1 aromatic carbocycles. The van der Waals surface area contributed by atoms with Crippen molar-refractivity contribution in [2.45, 2.75) is 53.2 Å². The third kappa shape index (κ3) is 11.9. The fourth-order valence-electron chi connectivity index (χ4n) is 2.39. The molecule has 0 aliphatic carbocycles. The fourth-order valence-corrected chi connectivity index (χ4v) is 2.39. The molecule has 1 aromatic rings. The van der Waals surface area contributed by atoms with E-state index in [9.17, 15) is 4.79 Å². The third-order valence-electron chi connectivity index (χ3n) is 3.68. The van der Waals surface area contributed by atoms with Crippen molar-refractivity contribution in [3.63, 3.8) is 0 Å². The van der Waals surface area contributed by atoms with Gasteiger partial charge in [0.1, 0.15) is 0 Å². The molecular formula is C20H36IN5O. The Balaban J connectivity index is 0.00000676. The summed E-state index contributed by atoms with van der Waals surface area (Å²) >= 11 is 0. The molecule has 0 saturated heterocycles. The standard InChI is InChI=1S/C20H35N5O.HI/c1-7-21-19(23-14-18(26)24-20(3,4)5)22-13-16-10-9-11-17(12-16)15-25(6)8-2;/h9-12H,7-8,13-15H2,1-6H3,(H,24,26)(H2,21,22,23);1H. The second-order valence-electron chi connectivity index (χ2n) is 7.50. The van der Waals surface area contributed by atoms with E-state index in [1.165, 1.54) is 5.56 Å². The number of hydrogen-bond acceptors (Lipinski definition) is 3. The number of carbonyl (C=O) groups is 1. The Morgan fingerprint density at radius 1 is 1.15 bits per heavy atom. The second-order valence-corrected chi connectivity index (χ2v) is 7.50. The number of halogens is 1. The van der Waals surface area contributed by atoms with E-state index in [1.807, 2.05) is 27.7 Å². The van der Waals surface area contributed by atoms with Gasteiger partial charge in [0, 0.05) is 18.6 Å². The highest BCUT2D eigenvalue weighted by atomic mass is 127. The van der Waals surface area contributed by atoms with Gasteiger partial charge < -0.3 is 20.9 Å². The smallest absolute Gasteiger partial charge is 0.239 e. The minimum Gasteiger partial charge on any atom is -0.357 e. The molecule has 0 aliphatic heterocycles. The largest absolute Gasteiger partial charge is 0.357 e. The topological polar surface area (TPSA) is 68.8 Å². The lowest BCUT2D eigenvalue weighted by Gasteiger charge is -2.21. The van der Waals surface area contributed by atoms with E-state index in [-0.39, 0.29) is 42.0 Å². The van der Waals surface area contributed by atoms with Gasteiger partial charge in [0.15, 0.2) is 5.96 Å². The maximum absolute atomic E-state index is 12.0. The SMILES string of the molecule is CCNC(=NCc1cccc(CN(C)CC)c1)NCC(=O)NC(C)(C)C.I. The highest BCUT2D eigenvalue weighted by molar-refractivity contribution is 14.0. The highest BCUT2D eigenvalue weighted by Gasteiger charge is 2.13. The molecule has 0 spiro atoms. The number of guanidine groups is 1. The van der Waals surface area contributed by atoms with Gasteiger partial charge in [0.05, 0.1) is 13.1 Å². The van der Waals surface area contributed by atoms with Crippen molar-refractivity contribution in [2.75, 3.05) is 26.7 Å². The first kappa shape index (κ1) is 25.6. The van der Waals surface area contributed by atoms with Crippen LogP contribution in [-0.4, -0.2) is 49.0 Å². The van der Waals surface area contributed by atoms with Gasteiger partial charge in [-0.05, 0) is 52.4 Å². The zero-order chi connectivity index (χ0) is 19.6. The van der Waals surface area contributed by atoms with Gasteiger partial charge in [0.25, 0.3) is 0 Å². The minimum atomic E-state index is -0.236. The van der Waals surface area contributed by atoms with Crippen LogP contribution in [0.1, 0.15) is 45.7 Å². The molecule has 7 heteroatoms. The van der Waals surface area contributed by atoms with E-state index < -0.39 is 0 Å². The summed E-state index contributed by atoms with van der Waals surface area (Å²) in [5.41, 5.74) is 2.20. The molecule has 3 N–H and O–H groups in total. The van der Waals surface area contributed by atoms with E-state index in [0.717, 1.165) is 25.2 Å². The number of aliphatic imine (C=N–C) groups is 1. The van der Waals surface area contributed by atoms with E-state index >= 15 is 0 Å². The van der Waals surface area contributed by atoms with Gasteiger partial charge in [-0.15, -0.1) is 24.0 Å². The molecule has 6 nitrogen and oxygen atoms in total. The minimum absolute atomic E-state index is 0. The zero-order valence-electron chi connectivity index (χ0n) is 17.6. The molecule has 0 aromatic heterocycles. The van der Waals surface area contributed by atoms with Crippen molar-refractivity contribution in [3.8, 4) is 0 Å². The Hall–Kier alpha value is -1.35. The fraction of sp³-hybridized carbons (Fsp3) is 0.600. The summed E-state index contributed by atoms with van der Waals surface area (Å²) in [7, 11) is 2.11. The van der Waals surface area contributed by atoms with Crippen LogP contribution in [0.25, 0.3) is 0 Å². The van der Waals surface area contributed by atoms with Crippen molar-refractivity contribution in [3.05, 3.63) is 35.4 Å². The molecule has 0 bridgehead atoms. The van der Waals surface area contributed by atoms with Gasteiger partial charge in [-0.1, -0.05) is 31.2 Å². The molecule has 0 unspecified atom stereocenters. The van der Waals surface area contributed by atoms with Gasteiger partial charge in [-0.2, -0.15) is 0 Å². The number of nitrogens with zero attached hydrogens (tertiary/aromatic N) is 2. The first-order valence-electron chi connectivity index (χ1n) is 9.33. The maximum atomic E-state index is 12.0. The van der Waals surface area contributed by atoms with Crippen LogP contribution in [-0.2, 0) is 17.9 Å². The summed E-state index contributed by atoms with van der Waals surface area (Å²) in [5, 5.41) is 9.20. The Morgan fingerprint density at radius 3 is 2.41 bits per heavy atom. The van der Waals surface area contributed by atoms with Crippen LogP contribution < -0.4 is 16.0 Å². The summed E-state index contributed by atoms with van der Waals surface area (Å²) in [4.78, 5) is 18.8. The summed E-state index contributed by atoms with van der Waals surface area (Å²) in [5.74, 6) is 0.598. The zero-order valence-corrected chi connectivity index (χ0v) is 19.9. The van der Waals surface area contributed by atoms with Gasteiger partial charge in [-0.3, -0.25) is 4.79 Å². The number of benzene rings is 1. The average molecular weight is 489 g/mol. The lowest BCUT2D eigenvalue weighted by Crippen LogP contribution is -2.48. The Morgan fingerprint density at radius 2 is 1.81 bits per heavy atom. The van der Waals surface area contributed by atoms with Gasteiger partial charge >= 0.3 is 0 Å². The molecule has 0 saturated carbocycles. The monoisotopic (exact) mass is 489 g/mol. The second kappa shape index (κ2) is 12.9. The molecule has 0 atom stereocenters. The summed E-state index contributed by atoms with van der Waals surface area (Å²) < 4.78 is 0. The lowest BCUT2D eigenvalue weighted by molar-refractivity contribution is -0.121. The van der Waals surface area contributed by atoms with Crippen molar-refractivity contribution in [1.82, 2.24) is 20.9 Å². The molecular weight excluding hydrogens is 453 g/mol. The van der Waals surface area contributed by atoms with Crippen LogP contribution >= 0.6 is 24.0 Å². The van der Waals surface area contributed by atoms with Crippen LogP contribution in [0.5, 0.6) is 0 Å². The van der Waals surface area contributed by atoms with Gasteiger partial charge in [0.2, 0.25) is 5.91 Å². The Kier molecular flexibility index (Phi) is 12.3. The first-order chi connectivity index (χ1) is 12.2. The van der Waals surface area contributed by atoms with Crippen LogP contribution in [0, 0.1) is 0 Å². The lowest BCUT2D eigenvalue weighted by atomic mass is 10.1. The van der Waals surface area contributed by atoms with Crippen molar-refractivity contribution >= 4 is 35.8 Å². The van der Waals surface area contributed by atoms with Crippen LogP contribution in [0.4, 0.5) is 0 Å². The predicted octanol–water partition coefficient (Wildman–Crippen LogP) is 2.73. The molecule has 0 heterocycles. The summed E-state index contributed by atoms with van der Waals surface area (Å²) in [6, 6.07) is 8.47. The number of amides is 1. The Bertz CT molecular complexity index is 598. The van der Waals surface area contributed by atoms with Gasteiger partial charge in [-0.25, -0.2) is 4.99 Å². The highest BCUT2D eigenvalue weighted by Crippen LogP contribution is 2.08. The van der Waals surface area contributed by atoms with Crippen molar-refractivity contribution in [2.24, 2.45) is 4.99 Å². The van der Waals surface area contributed by atoms with Crippen LogP contribution in [0.2, 0.25) is 0 Å². The number of carbonyl (C=O) groups excluding carboxylic acids is 1. The molecule has 1 rings (SSSR count). The Labute approximate surface area is 181 Å². The number of nitrogens with one attached hydrogen (secondary N) is 3. The van der Waals surface area contributed by atoms with Crippen molar-refractivity contribution in [1.29, 1.82) is 0 Å². The van der Waals surface area contributed by atoms with E-state index in [0.29, 0.717) is 12.5 Å². The van der Waals surface area contributed by atoms with E-state index in [4.69, 9.17) is 0 Å². The third-order valence-corrected chi connectivity index (χ3v) is 3.68. The number of hydrogen-bond donors (Lipinski definition) is 3. The normalized spacial score (nSPS) is 11.7. The first-order valence-corrected chi connectivity index (χ1v) is 9.33. The summed E-state index contributed by atoms with van der Waals surface area (Å²) in [6.45, 7) is 13.5. The average Bonchev–Trinajstić information content (AvgIpc) is 2.56. The molecule has 0 fully saturated rings. The molecule has 154 valence electrons. The molecule has 0 radical (unpaired) electrons. The molecule has 27 heavy (non-hydrogen) atoms. The van der Waals surface area contributed by atoms with Crippen LogP contribution in [0.15, 0.2) is 29.3 Å². The van der Waals surface area contributed by atoms with E-state index in [2.05, 4.69) is 64.1 Å². The summed E-state index contributed by atoms with van der Waals surface area (Å²) in [6.07, 6.45) is 0. The van der Waals surface area contributed by atoms with Crippen LogP contribution in [0.3, 0.4) is 0 Å². The quantitative estimate of drug-likeness (QED) is 0.299. The van der Waals surface area contributed by atoms with E-state index in [1.54, 1.807) is 0 Å². The maximum Gasteiger partial charge on any atom is 0.239 e. The number of rotatable bonds is 8. The van der Waals surface area contributed by atoms with Crippen molar-refractivity contribution < 1.29 is 4.79 Å². The molecule has 1 amide bonds.